The van der Waals surface area contributed by atoms with E-state index in [2.05, 4.69) is 15.9 Å². The number of amides is 1. The van der Waals surface area contributed by atoms with E-state index in [1.54, 1.807) is 4.90 Å². The van der Waals surface area contributed by atoms with Gasteiger partial charge in [-0.1, -0.05) is 15.9 Å². The average molecular weight is 292 g/mol. The quantitative estimate of drug-likeness (QED) is 0.770. The minimum Gasteiger partial charge on any atom is -0.388 e. The van der Waals surface area contributed by atoms with Gasteiger partial charge in [-0.2, -0.15) is 0 Å². The van der Waals surface area contributed by atoms with Gasteiger partial charge < -0.3 is 14.7 Å². The third kappa shape index (κ3) is 2.76. The van der Waals surface area contributed by atoms with Crippen LogP contribution in [0.2, 0.25) is 0 Å². The monoisotopic (exact) mass is 291 g/mol. The average Bonchev–Trinajstić information content (AvgIpc) is 2.26. The van der Waals surface area contributed by atoms with Crippen molar-refractivity contribution in [2.75, 3.05) is 26.3 Å². The van der Waals surface area contributed by atoms with E-state index in [0.717, 1.165) is 19.4 Å². The molecule has 1 atom stereocenters. The molecule has 2 saturated heterocycles. The topological polar surface area (TPSA) is 49.8 Å². The molecule has 1 amide bonds. The molecule has 1 unspecified atom stereocenters. The number of nitrogens with zero attached hydrogens (tertiary/aromatic N) is 1. The fourth-order valence-corrected chi connectivity index (χ4v) is 2.93. The molecule has 0 aliphatic carbocycles. The number of carbonyl (C=O) groups excluding carboxylic acids is 1. The van der Waals surface area contributed by atoms with Crippen LogP contribution in [0, 0.1) is 0 Å². The van der Waals surface area contributed by atoms with E-state index in [1.165, 1.54) is 0 Å². The van der Waals surface area contributed by atoms with E-state index in [9.17, 15) is 9.90 Å². The second-order valence-electron chi connectivity index (χ2n) is 4.71. The maximum absolute atomic E-state index is 11.9. The highest BCUT2D eigenvalue weighted by Gasteiger charge is 2.36. The first kappa shape index (κ1) is 12.3. The Morgan fingerprint density at radius 1 is 1.50 bits per heavy atom. The maximum atomic E-state index is 11.9. The highest BCUT2D eigenvalue weighted by Crippen LogP contribution is 2.25. The first-order chi connectivity index (χ1) is 7.61. The molecular formula is C11H18BrNO3. The predicted molar refractivity (Wildman–Crippen MR) is 63.5 cm³/mol. The van der Waals surface area contributed by atoms with Gasteiger partial charge in [0.15, 0.2) is 0 Å². The molecule has 2 fully saturated rings. The zero-order valence-corrected chi connectivity index (χ0v) is 10.9. The van der Waals surface area contributed by atoms with Crippen molar-refractivity contribution < 1.29 is 14.6 Å². The summed E-state index contributed by atoms with van der Waals surface area (Å²) in [4.78, 5) is 13.6. The summed E-state index contributed by atoms with van der Waals surface area (Å²) in [6.07, 6.45) is 3.17. The summed E-state index contributed by atoms with van der Waals surface area (Å²) in [5.74, 6) is 0.117. The second-order valence-corrected chi connectivity index (χ2v) is 5.81. The molecule has 1 N–H and O–H groups in total. The molecule has 2 aliphatic rings. The third-order valence-corrected chi connectivity index (χ3v) is 4.22. The summed E-state index contributed by atoms with van der Waals surface area (Å²) in [7, 11) is 0. The normalized spacial score (nSPS) is 30.5. The minimum absolute atomic E-state index is 0.0651. The van der Waals surface area contributed by atoms with Crippen molar-refractivity contribution in [2.24, 2.45) is 0 Å². The molecule has 0 saturated carbocycles. The van der Waals surface area contributed by atoms with Crippen LogP contribution in [-0.2, 0) is 9.53 Å². The van der Waals surface area contributed by atoms with Crippen LogP contribution < -0.4 is 0 Å². The largest absolute Gasteiger partial charge is 0.388 e. The number of rotatable bonds is 2. The molecule has 0 spiro atoms. The number of piperidine rings is 1. The van der Waals surface area contributed by atoms with E-state index in [1.807, 2.05) is 0 Å². The molecule has 2 heterocycles. The number of halogens is 1. The number of ether oxygens (including phenoxy) is 1. The van der Waals surface area contributed by atoms with Gasteiger partial charge in [-0.15, -0.1) is 0 Å². The van der Waals surface area contributed by atoms with Crippen molar-refractivity contribution in [1.82, 2.24) is 4.90 Å². The van der Waals surface area contributed by atoms with Gasteiger partial charge in [-0.3, -0.25) is 4.79 Å². The lowest BCUT2D eigenvalue weighted by molar-refractivity contribution is -0.140. The highest BCUT2D eigenvalue weighted by molar-refractivity contribution is 9.10. The fraction of sp³-hybridized carbons (Fsp3) is 0.909. The molecule has 4 nitrogen and oxygen atoms in total. The first-order valence-electron chi connectivity index (χ1n) is 5.84. The number of aliphatic hydroxyl groups is 1. The minimum atomic E-state index is -0.738. The Hall–Kier alpha value is -0.130. The van der Waals surface area contributed by atoms with Crippen LogP contribution in [0.15, 0.2) is 0 Å². The van der Waals surface area contributed by atoms with E-state index in [4.69, 9.17) is 4.74 Å². The summed E-state index contributed by atoms with van der Waals surface area (Å²) >= 11 is 3.38. The Balaban J connectivity index is 1.94. The Morgan fingerprint density at radius 2 is 2.19 bits per heavy atom. The van der Waals surface area contributed by atoms with Crippen molar-refractivity contribution in [3.8, 4) is 0 Å². The van der Waals surface area contributed by atoms with Crippen molar-refractivity contribution in [1.29, 1.82) is 0 Å². The zero-order chi connectivity index (χ0) is 11.6. The molecule has 0 aromatic rings. The number of β-amino-alcohol motifs (C(OH)–C–C–N with tert-alkyl or cyclic N) is 1. The Kier molecular flexibility index (Phi) is 3.87. The molecule has 0 radical (unpaired) electrons. The van der Waals surface area contributed by atoms with Gasteiger partial charge in [0.05, 0.1) is 10.4 Å². The Bertz CT molecular complexity index is 266. The van der Waals surface area contributed by atoms with Gasteiger partial charge in [0.1, 0.15) is 0 Å². The van der Waals surface area contributed by atoms with E-state index in [0.29, 0.717) is 32.6 Å². The molecule has 0 aromatic carbocycles. The number of carbonyl (C=O) groups is 1. The summed E-state index contributed by atoms with van der Waals surface area (Å²) in [6, 6.07) is 0. The van der Waals surface area contributed by atoms with Gasteiger partial charge in [-0.05, 0) is 12.8 Å². The van der Waals surface area contributed by atoms with E-state index in [-0.39, 0.29) is 10.7 Å². The second kappa shape index (κ2) is 5.02. The SMILES string of the molecule is O=C1C(Br)CCCN1CC1(O)CCOCC1. The van der Waals surface area contributed by atoms with Crippen LogP contribution in [0.3, 0.4) is 0 Å². The Morgan fingerprint density at radius 3 is 2.88 bits per heavy atom. The van der Waals surface area contributed by atoms with Gasteiger partial charge in [0.25, 0.3) is 0 Å². The molecule has 92 valence electrons. The number of hydrogen-bond donors (Lipinski definition) is 1. The van der Waals surface area contributed by atoms with Gasteiger partial charge in [-0.25, -0.2) is 0 Å². The smallest absolute Gasteiger partial charge is 0.236 e. The van der Waals surface area contributed by atoms with Gasteiger partial charge in [0, 0.05) is 39.1 Å². The van der Waals surface area contributed by atoms with Crippen LogP contribution in [0.25, 0.3) is 0 Å². The van der Waals surface area contributed by atoms with Crippen molar-refractivity contribution in [2.45, 2.75) is 36.1 Å². The first-order valence-corrected chi connectivity index (χ1v) is 6.75. The van der Waals surface area contributed by atoms with Crippen LogP contribution in [0.4, 0.5) is 0 Å². The van der Waals surface area contributed by atoms with Crippen LogP contribution in [-0.4, -0.2) is 52.6 Å². The lowest BCUT2D eigenvalue weighted by Crippen LogP contribution is -2.52. The van der Waals surface area contributed by atoms with Crippen LogP contribution in [0.1, 0.15) is 25.7 Å². The summed E-state index contributed by atoms with van der Waals surface area (Å²) in [5.41, 5.74) is -0.738. The van der Waals surface area contributed by atoms with E-state index < -0.39 is 5.60 Å². The third-order valence-electron chi connectivity index (χ3n) is 3.37. The summed E-state index contributed by atoms with van der Waals surface area (Å²) in [5, 5.41) is 10.3. The zero-order valence-electron chi connectivity index (χ0n) is 9.32. The molecule has 2 rings (SSSR count). The van der Waals surface area contributed by atoms with Crippen molar-refractivity contribution in [3.63, 3.8) is 0 Å². The van der Waals surface area contributed by atoms with E-state index >= 15 is 0 Å². The standard InChI is InChI=1S/C11H18BrNO3/c12-9-2-1-5-13(10(9)14)8-11(15)3-6-16-7-4-11/h9,15H,1-8H2. The molecule has 0 bridgehead atoms. The number of alkyl halides is 1. The summed E-state index contributed by atoms with van der Waals surface area (Å²) in [6.45, 7) is 2.41. The number of likely N-dealkylation sites (tertiary alicyclic amines) is 1. The van der Waals surface area contributed by atoms with Crippen LogP contribution >= 0.6 is 15.9 Å². The molecule has 0 aromatic heterocycles. The molecule has 2 aliphatic heterocycles. The lowest BCUT2D eigenvalue weighted by atomic mass is 9.93. The van der Waals surface area contributed by atoms with Gasteiger partial charge in [0.2, 0.25) is 5.91 Å². The predicted octanol–water partition coefficient (Wildman–Crippen LogP) is 0.914. The summed E-state index contributed by atoms with van der Waals surface area (Å²) < 4.78 is 5.23. The van der Waals surface area contributed by atoms with Crippen molar-refractivity contribution in [3.05, 3.63) is 0 Å². The lowest BCUT2D eigenvalue weighted by Gasteiger charge is -2.39. The molecular weight excluding hydrogens is 274 g/mol. The van der Waals surface area contributed by atoms with Crippen LogP contribution in [0.5, 0.6) is 0 Å². The Labute approximate surface area is 104 Å². The molecule has 5 heteroatoms. The highest BCUT2D eigenvalue weighted by atomic mass is 79.9. The molecule has 16 heavy (non-hydrogen) atoms. The fourth-order valence-electron chi connectivity index (χ4n) is 2.31. The van der Waals surface area contributed by atoms with Gasteiger partial charge >= 0.3 is 0 Å². The van der Waals surface area contributed by atoms with Crippen molar-refractivity contribution >= 4 is 21.8 Å². The maximum Gasteiger partial charge on any atom is 0.236 e. The number of hydrogen-bond acceptors (Lipinski definition) is 3.